The molecule has 0 spiro atoms. The van der Waals surface area contributed by atoms with Gasteiger partial charge in [-0.05, 0) is 49.4 Å². The van der Waals surface area contributed by atoms with Gasteiger partial charge < -0.3 is 10.2 Å². The smallest absolute Gasteiger partial charge is 0.254 e. The predicted molar refractivity (Wildman–Crippen MR) is 96.4 cm³/mol. The Morgan fingerprint density at radius 3 is 2.44 bits per heavy atom. The molecule has 2 bridgehead atoms. The molecule has 2 amide bonds. The van der Waals surface area contributed by atoms with E-state index in [9.17, 15) is 9.59 Å². The molecule has 0 unspecified atom stereocenters. The maximum Gasteiger partial charge on any atom is 0.254 e. The zero-order valence-corrected chi connectivity index (χ0v) is 14.3. The molecule has 1 aliphatic heterocycles. The normalized spacial score (nSPS) is 24.4. The van der Waals surface area contributed by atoms with Gasteiger partial charge >= 0.3 is 0 Å². The standard InChI is InChI=1S/C21H22N2O2/c1-14-7-5-6-10-17(14)21(25)23-13-15-11-18(19(23)12-15)22-20(24)16-8-3-2-4-9-16/h2-10,15,18-19H,11-13H2,1H3,(H,22,24)/t15-,18+,19-/m1/s1. The first kappa shape index (κ1) is 15.9. The van der Waals surface area contributed by atoms with Crippen molar-refractivity contribution in [3.63, 3.8) is 0 Å². The third-order valence-corrected chi connectivity index (χ3v) is 5.47. The Kier molecular flexibility index (Phi) is 4.04. The molecule has 1 saturated heterocycles. The lowest BCUT2D eigenvalue weighted by Gasteiger charge is -2.34. The molecule has 4 nitrogen and oxygen atoms in total. The summed E-state index contributed by atoms with van der Waals surface area (Å²) in [6, 6.07) is 17.1. The van der Waals surface area contributed by atoms with E-state index in [0.29, 0.717) is 11.5 Å². The van der Waals surface area contributed by atoms with Crippen LogP contribution in [0.2, 0.25) is 0 Å². The molecule has 4 heteroatoms. The average molecular weight is 334 g/mol. The molecule has 3 atom stereocenters. The van der Waals surface area contributed by atoms with Gasteiger partial charge in [0.05, 0.1) is 6.04 Å². The number of fused-ring (bicyclic) bond motifs is 2. The van der Waals surface area contributed by atoms with Gasteiger partial charge in [0.2, 0.25) is 0 Å². The summed E-state index contributed by atoms with van der Waals surface area (Å²) < 4.78 is 0. The van der Waals surface area contributed by atoms with Crippen LogP contribution in [0.25, 0.3) is 0 Å². The Morgan fingerprint density at radius 1 is 1.00 bits per heavy atom. The highest BCUT2D eigenvalue weighted by Gasteiger charge is 2.47. The van der Waals surface area contributed by atoms with Crippen molar-refractivity contribution < 1.29 is 9.59 Å². The van der Waals surface area contributed by atoms with Crippen LogP contribution in [-0.4, -0.2) is 35.3 Å². The Labute approximate surface area is 147 Å². The average Bonchev–Trinajstić information content (AvgIpc) is 3.22. The monoisotopic (exact) mass is 334 g/mol. The molecule has 0 aromatic heterocycles. The minimum Gasteiger partial charge on any atom is -0.347 e. The Balaban J connectivity index is 1.50. The van der Waals surface area contributed by atoms with Crippen LogP contribution in [-0.2, 0) is 0 Å². The van der Waals surface area contributed by atoms with E-state index in [4.69, 9.17) is 0 Å². The molecule has 2 aromatic rings. The SMILES string of the molecule is Cc1ccccc1C(=O)N1C[C@@H]2C[C@H](NC(=O)c3ccccc3)[C@H]1C2. The molecule has 1 saturated carbocycles. The van der Waals surface area contributed by atoms with Gasteiger partial charge in [0.15, 0.2) is 0 Å². The number of piperidine rings is 1. The van der Waals surface area contributed by atoms with E-state index in [1.807, 2.05) is 66.4 Å². The molecule has 2 fully saturated rings. The van der Waals surface area contributed by atoms with E-state index in [0.717, 1.165) is 30.5 Å². The Bertz CT molecular complexity index is 803. The maximum absolute atomic E-state index is 13.0. The first-order chi connectivity index (χ1) is 12.1. The summed E-state index contributed by atoms with van der Waals surface area (Å²) in [6.07, 6.45) is 1.94. The van der Waals surface area contributed by atoms with Crippen LogP contribution in [0.1, 0.15) is 39.1 Å². The van der Waals surface area contributed by atoms with Crippen molar-refractivity contribution in [2.24, 2.45) is 5.92 Å². The van der Waals surface area contributed by atoms with Crippen molar-refractivity contribution >= 4 is 11.8 Å². The summed E-state index contributed by atoms with van der Waals surface area (Å²) >= 11 is 0. The van der Waals surface area contributed by atoms with Crippen LogP contribution >= 0.6 is 0 Å². The number of benzene rings is 2. The fraction of sp³-hybridized carbons (Fsp3) is 0.333. The fourth-order valence-corrected chi connectivity index (χ4v) is 4.22. The molecule has 1 N–H and O–H groups in total. The highest BCUT2D eigenvalue weighted by Crippen LogP contribution is 2.38. The second kappa shape index (κ2) is 6.36. The largest absolute Gasteiger partial charge is 0.347 e. The van der Waals surface area contributed by atoms with Gasteiger partial charge in [0, 0.05) is 23.7 Å². The molecule has 2 aliphatic rings. The molecule has 1 aliphatic carbocycles. The number of nitrogens with zero attached hydrogens (tertiary/aromatic N) is 1. The van der Waals surface area contributed by atoms with Gasteiger partial charge in [0.25, 0.3) is 11.8 Å². The Hall–Kier alpha value is -2.62. The number of nitrogens with one attached hydrogen (secondary N) is 1. The number of amides is 2. The van der Waals surface area contributed by atoms with Crippen LogP contribution < -0.4 is 5.32 Å². The summed E-state index contributed by atoms with van der Waals surface area (Å²) in [6.45, 7) is 2.77. The second-order valence-electron chi connectivity index (χ2n) is 7.12. The minimum atomic E-state index is -0.0542. The van der Waals surface area contributed by atoms with Gasteiger partial charge in [-0.3, -0.25) is 9.59 Å². The van der Waals surface area contributed by atoms with Gasteiger partial charge in [-0.15, -0.1) is 0 Å². The third-order valence-electron chi connectivity index (χ3n) is 5.47. The number of aryl methyl sites for hydroxylation is 1. The third kappa shape index (κ3) is 2.93. The maximum atomic E-state index is 13.0. The molecular weight excluding hydrogens is 312 g/mol. The van der Waals surface area contributed by atoms with Crippen LogP contribution in [0.3, 0.4) is 0 Å². The first-order valence-electron chi connectivity index (χ1n) is 8.86. The van der Waals surface area contributed by atoms with E-state index in [2.05, 4.69) is 5.32 Å². The van der Waals surface area contributed by atoms with Gasteiger partial charge in [-0.1, -0.05) is 36.4 Å². The zero-order chi connectivity index (χ0) is 17.4. The molecule has 2 aromatic carbocycles. The molecule has 0 radical (unpaired) electrons. The lowest BCUT2D eigenvalue weighted by atomic mass is 10.0. The fourth-order valence-electron chi connectivity index (χ4n) is 4.22. The van der Waals surface area contributed by atoms with Crippen molar-refractivity contribution in [3.05, 3.63) is 71.3 Å². The van der Waals surface area contributed by atoms with E-state index in [-0.39, 0.29) is 23.9 Å². The molecule has 25 heavy (non-hydrogen) atoms. The van der Waals surface area contributed by atoms with Gasteiger partial charge in [-0.25, -0.2) is 0 Å². The minimum absolute atomic E-state index is 0.0411. The van der Waals surface area contributed by atoms with E-state index in [1.165, 1.54) is 0 Å². The molecular formula is C21H22N2O2. The number of carbonyl (C=O) groups excluding carboxylic acids is 2. The van der Waals surface area contributed by atoms with Crippen molar-refractivity contribution in [1.29, 1.82) is 0 Å². The Morgan fingerprint density at radius 2 is 1.72 bits per heavy atom. The lowest BCUT2D eigenvalue weighted by Crippen LogP contribution is -2.52. The van der Waals surface area contributed by atoms with Crippen molar-refractivity contribution in [1.82, 2.24) is 10.2 Å². The topological polar surface area (TPSA) is 49.4 Å². The highest BCUT2D eigenvalue weighted by molar-refractivity contribution is 5.97. The van der Waals surface area contributed by atoms with E-state index >= 15 is 0 Å². The number of hydrogen-bond donors (Lipinski definition) is 1. The van der Waals surface area contributed by atoms with Gasteiger partial charge in [-0.2, -0.15) is 0 Å². The van der Waals surface area contributed by atoms with Crippen LogP contribution in [0.5, 0.6) is 0 Å². The van der Waals surface area contributed by atoms with Crippen LogP contribution in [0.4, 0.5) is 0 Å². The number of rotatable bonds is 3. The second-order valence-corrected chi connectivity index (χ2v) is 7.12. The van der Waals surface area contributed by atoms with Crippen LogP contribution in [0, 0.1) is 12.8 Å². The summed E-state index contributed by atoms with van der Waals surface area (Å²) in [7, 11) is 0. The number of carbonyl (C=O) groups is 2. The molecule has 1 heterocycles. The zero-order valence-electron chi connectivity index (χ0n) is 14.3. The molecule has 128 valence electrons. The van der Waals surface area contributed by atoms with Crippen molar-refractivity contribution in [2.45, 2.75) is 31.8 Å². The van der Waals surface area contributed by atoms with Crippen molar-refractivity contribution in [3.8, 4) is 0 Å². The quantitative estimate of drug-likeness (QED) is 0.938. The van der Waals surface area contributed by atoms with E-state index in [1.54, 1.807) is 0 Å². The number of likely N-dealkylation sites (tertiary alicyclic amines) is 1. The summed E-state index contributed by atoms with van der Waals surface area (Å²) in [5.41, 5.74) is 2.44. The predicted octanol–water partition coefficient (Wildman–Crippen LogP) is 3.03. The first-order valence-corrected chi connectivity index (χ1v) is 8.86. The summed E-state index contributed by atoms with van der Waals surface area (Å²) in [5, 5.41) is 3.14. The molecule has 4 rings (SSSR count). The number of hydrogen-bond acceptors (Lipinski definition) is 2. The van der Waals surface area contributed by atoms with E-state index < -0.39 is 0 Å². The lowest BCUT2D eigenvalue weighted by molar-refractivity contribution is 0.0648. The van der Waals surface area contributed by atoms with Crippen molar-refractivity contribution in [2.75, 3.05) is 6.54 Å². The summed E-state index contributed by atoms with van der Waals surface area (Å²) in [4.78, 5) is 27.4. The highest BCUT2D eigenvalue weighted by atomic mass is 16.2. The van der Waals surface area contributed by atoms with Gasteiger partial charge in [0.1, 0.15) is 0 Å². The summed E-state index contributed by atoms with van der Waals surface area (Å²) in [5.74, 6) is 0.518. The van der Waals surface area contributed by atoms with Crippen LogP contribution in [0.15, 0.2) is 54.6 Å².